The van der Waals surface area contributed by atoms with E-state index >= 15 is 0 Å². The highest BCUT2D eigenvalue weighted by Gasteiger charge is 2.32. The lowest BCUT2D eigenvalue weighted by Crippen LogP contribution is -2.41. The van der Waals surface area contributed by atoms with Gasteiger partial charge in [0.1, 0.15) is 5.75 Å². The van der Waals surface area contributed by atoms with Crippen molar-refractivity contribution in [2.24, 2.45) is 5.92 Å². The first kappa shape index (κ1) is 19.4. The first-order valence-corrected chi connectivity index (χ1v) is 10.4. The Hall–Kier alpha value is -2.38. The maximum absolute atomic E-state index is 12.9. The van der Waals surface area contributed by atoms with Crippen molar-refractivity contribution in [3.05, 3.63) is 53.6 Å². The number of piperidine rings is 1. The summed E-state index contributed by atoms with van der Waals surface area (Å²) in [5.41, 5.74) is 2.53. The summed E-state index contributed by atoms with van der Waals surface area (Å²) in [6.45, 7) is 4.47. The minimum atomic E-state index is -3.55. The van der Waals surface area contributed by atoms with Crippen molar-refractivity contribution in [3.8, 4) is 5.75 Å². The maximum atomic E-state index is 12.9. The zero-order valence-corrected chi connectivity index (χ0v) is 16.3. The van der Waals surface area contributed by atoms with Crippen molar-refractivity contribution in [1.29, 1.82) is 0 Å². The molecule has 1 aliphatic heterocycles. The summed E-state index contributed by atoms with van der Waals surface area (Å²) in [5, 5.41) is 12.3. The summed E-state index contributed by atoms with van der Waals surface area (Å²) < 4.78 is 27.2. The van der Waals surface area contributed by atoms with E-state index in [1.54, 1.807) is 24.3 Å². The molecule has 7 heteroatoms. The average molecular weight is 388 g/mol. The summed E-state index contributed by atoms with van der Waals surface area (Å²) in [7, 11) is -3.55. The molecule has 0 radical (unpaired) electrons. The van der Waals surface area contributed by atoms with Crippen LogP contribution in [0.5, 0.6) is 5.75 Å². The van der Waals surface area contributed by atoms with E-state index < -0.39 is 10.0 Å². The monoisotopic (exact) mass is 388 g/mol. The third-order valence-electron chi connectivity index (χ3n) is 5.05. The van der Waals surface area contributed by atoms with Crippen LogP contribution in [-0.4, -0.2) is 36.8 Å². The summed E-state index contributed by atoms with van der Waals surface area (Å²) in [5.74, 6) is -0.315. The molecular weight excluding hydrogens is 364 g/mol. The highest BCUT2D eigenvalue weighted by molar-refractivity contribution is 7.89. The Balaban J connectivity index is 1.64. The molecular formula is C20H24N2O4S. The Labute approximate surface area is 159 Å². The van der Waals surface area contributed by atoms with Crippen LogP contribution in [0, 0.1) is 19.8 Å². The number of hydrogen-bond donors (Lipinski definition) is 2. The van der Waals surface area contributed by atoms with Crippen LogP contribution in [0.25, 0.3) is 0 Å². The van der Waals surface area contributed by atoms with Crippen LogP contribution in [0.15, 0.2) is 47.4 Å². The number of anilines is 1. The van der Waals surface area contributed by atoms with Crippen LogP contribution in [0.1, 0.15) is 24.0 Å². The molecule has 144 valence electrons. The number of carbonyl (C=O) groups excluding carboxylic acids is 1. The van der Waals surface area contributed by atoms with E-state index in [2.05, 4.69) is 5.32 Å². The minimum Gasteiger partial charge on any atom is -0.508 e. The second-order valence-corrected chi connectivity index (χ2v) is 8.90. The lowest BCUT2D eigenvalue weighted by Gasteiger charge is -2.30. The standard InChI is InChI=1S/C20H24N2O4S/c1-14-6-7-19(12-15(14)2)27(25,26)22-10-8-16(9-11-22)20(24)21-17-4-3-5-18(23)13-17/h3-7,12-13,16,23H,8-11H2,1-2H3,(H,21,24). The molecule has 1 aliphatic rings. The van der Waals surface area contributed by atoms with Crippen LogP contribution < -0.4 is 5.32 Å². The van der Waals surface area contributed by atoms with E-state index in [9.17, 15) is 18.3 Å². The SMILES string of the molecule is Cc1ccc(S(=O)(=O)N2CCC(C(=O)Nc3cccc(O)c3)CC2)cc1C. The van der Waals surface area contributed by atoms with E-state index in [4.69, 9.17) is 0 Å². The molecule has 0 aliphatic carbocycles. The highest BCUT2D eigenvalue weighted by atomic mass is 32.2. The fourth-order valence-electron chi connectivity index (χ4n) is 3.21. The number of rotatable bonds is 4. The van der Waals surface area contributed by atoms with Crippen molar-refractivity contribution in [1.82, 2.24) is 4.31 Å². The van der Waals surface area contributed by atoms with Gasteiger partial charge in [0.25, 0.3) is 0 Å². The number of nitrogens with zero attached hydrogens (tertiary/aromatic N) is 1. The Kier molecular flexibility index (Phi) is 5.53. The Morgan fingerprint density at radius 2 is 1.78 bits per heavy atom. The molecule has 1 saturated heterocycles. The highest BCUT2D eigenvalue weighted by Crippen LogP contribution is 2.26. The third-order valence-corrected chi connectivity index (χ3v) is 6.95. The lowest BCUT2D eigenvalue weighted by atomic mass is 9.97. The summed E-state index contributed by atoms with van der Waals surface area (Å²) >= 11 is 0. The van der Waals surface area contributed by atoms with E-state index in [0.29, 0.717) is 36.5 Å². The third kappa shape index (κ3) is 4.31. The van der Waals surface area contributed by atoms with Gasteiger partial charge >= 0.3 is 0 Å². The van der Waals surface area contributed by atoms with Gasteiger partial charge in [-0.1, -0.05) is 12.1 Å². The second kappa shape index (κ2) is 7.70. The Bertz CT molecular complexity index is 948. The van der Waals surface area contributed by atoms with Crippen molar-refractivity contribution >= 4 is 21.6 Å². The number of nitrogens with one attached hydrogen (secondary N) is 1. The quantitative estimate of drug-likeness (QED) is 0.843. The summed E-state index contributed by atoms with van der Waals surface area (Å²) in [6.07, 6.45) is 0.934. The summed E-state index contributed by atoms with van der Waals surface area (Å²) in [4.78, 5) is 12.7. The predicted molar refractivity (Wildman–Crippen MR) is 104 cm³/mol. The largest absolute Gasteiger partial charge is 0.508 e. The number of hydrogen-bond acceptors (Lipinski definition) is 4. The molecule has 2 aromatic rings. The molecule has 1 heterocycles. The van der Waals surface area contributed by atoms with Gasteiger partial charge in [0.2, 0.25) is 15.9 Å². The molecule has 2 N–H and O–H groups in total. The number of carbonyl (C=O) groups is 1. The number of amides is 1. The van der Waals surface area contributed by atoms with E-state index in [0.717, 1.165) is 11.1 Å². The van der Waals surface area contributed by atoms with Gasteiger partial charge in [-0.25, -0.2) is 8.42 Å². The van der Waals surface area contributed by atoms with Gasteiger partial charge in [-0.2, -0.15) is 4.31 Å². The minimum absolute atomic E-state index is 0.0853. The Morgan fingerprint density at radius 1 is 1.07 bits per heavy atom. The normalized spacial score (nSPS) is 16.2. The zero-order chi connectivity index (χ0) is 19.6. The van der Waals surface area contributed by atoms with Crippen LogP contribution in [-0.2, 0) is 14.8 Å². The molecule has 6 nitrogen and oxygen atoms in total. The molecule has 1 amide bonds. The van der Waals surface area contributed by atoms with Crippen molar-refractivity contribution in [3.63, 3.8) is 0 Å². The molecule has 0 aromatic heterocycles. The van der Waals surface area contributed by atoms with Gasteiger partial charge in [-0.3, -0.25) is 4.79 Å². The van der Waals surface area contributed by atoms with Gasteiger partial charge in [0.15, 0.2) is 0 Å². The average Bonchev–Trinajstić information content (AvgIpc) is 2.64. The molecule has 0 atom stereocenters. The lowest BCUT2D eigenvalue weighted by molar-refractivity contribution is -0.120. The van der Waals surface area contributed by atoms with Crippen LogP contribution in [0.2, 0.25) is 0 Å². The molecule has 27 heavy (non-hydrogen) atoms. The van der Waals surface area contributed by atoms with E-state index in [1.807, 2.05) is 19.9 Å². The number of phenolic OH excluding ortho intramolecular Hbond substituents is 1. The molecule has 0 bridgehead atoms. The summed E-state index contributed by atoms with van der Waals surface area (Å²) in [6, 6.07) is 11.5. The molecule has 1 fully saturated rings. The van der Waals surface area contributed by atoms with Crippen molar-refractivity contribution < 1.29 is 18.3 Å². The van der Waals surface area contributed by atoms with Crippen molar-refractivity contribution in [2.45, 2.75) is 31.6 Å². The fourth-order valence-corrected chi connectivity index (χ4v) is 4.77. The molecule has 0 unspecified atom stereocenters. The van der Waals surface area contributed by atoms with E-state index in [1.165, 1.54) is 16.4 Å². The van der Waals surface area contributed by atoms with Crippen molar-refractivity contribution in [2.75, 3.05) is 18.4 Å². The smallest absolute Gasteiger partial charge is 0.243 e. The zero-order valence-electron chi connectivity index (χ0n) is 15.5. The van der Waals surface area contributed by atoms with E-state index in [-0.39, 0.29) is 17.6 Å². The number of sulfonamides is 1. The van der Waals surface area contributed by atoms with Crippen LogP contribution in [0.3, 0.4) is 0 Å². The first-order chi connectivity index (χ1) is 12.8. The number of aryl methyl sites for hydroxylation is 2. The number of phenols is 1. The first-order valence-electron chi connectivity index (χ1n) is 8.94. The second-order valence-electron chi connectivity index (χ2n) is 6.96. The number of benzene rings is 2. The van der Waals surface area contributed by atoms with Gasteiger partial charge in [-0.05, 0) is 62.1 Å². The molecule has 0 saturated carbocycles. The molecule has 2 aromatic carbocycles. The van der Waals surface area contributed by atoms with Crippen LogP contribution >= 0.6 is 0 Å². The van der Waals surface area contributed by atoms with Gasteiger partial charge in [-0.15, -0.1) is 0 Å². The molecule has 0 spiro atoms. The fraction of sp³-hybridized carbons (Fsp3) is 0.350. The predicted octanol–water partition coefficient (Wildman–Crippen LogP) is 3.05. The number of aromatic hydroxyl groups is 1. The maximum Gasteiger partial charge on any atom is 0.243 e. The van der Waals surface area contributed by atoms with Gasteiger partial charge < -0.3 is 10.4 Å². The van der Waals surface area contributed by atoms with Gasteiger partial charge in [0.05, 0.1) is 4.90 Å². The van der Waals surface area contributed by atoms with Crippen LogP contribution in [0.4, 0.5) is 5.69 Å². The van der Waals surface area contributed by atoms with Gasteiger partial charge in [0, 0.05) is 30.8 Å². The topological polar surface area (TPSA) is 86.7 Å². The Morgan fingerprint density at radius 3 is 2.41 bits per heavy atom. The molecule has 3 rings (SSSR count).